The van der Waals surface area contributed by atoms with E-state index in [2.05, 4.69) is 10.3 Å². The van der Waals surface area contributed by atoms with E-state index in [1.807, 2.05) is 50.4 Å². The molecule has 2 aromatic rings. The van der Waals surface area contributed by atoms with Crippen LogP contribution in [0.5, 0.6) is 0 Å². The number of carbonyl (C=O) groups excluding carboxylic acids is 1. The minimum atomic E-state index is -1.00. The molecule has 2 rings (SSSR count). The Labute approximate surface area is 145 Å². The van der Waals surface area contributed by atoms with Crippen molar-refractivity contribution in [2.24, 2.45) is 5.92 Å². The highest BCUT2D eigenvalue weighted by molar-refractivity contribution is 7.13. The third-order valence-electron chi connectivity index (χ3n) is 3.95. The Balaban J connectivity index is 2.03. The summed E-state index contributed by atoms with van der Waals surface area (Å²) in [5, 5.41) is 14.5. The summed E-state index contributed by atoms with van der Waals surface area (Å²) < 4.78 is 0. The summed E-state index contributed by atoms with van der Waals surface area (Å²) in [5.41, 5.74) is 2.83. The van der Waals surface area contributed by atoms with Crippen LogP contribution < -0.4 is 5.32 Å². The number of thiazole rings is 1. The van der Waals surface area contributed by atoms with E-state index < -0.39 is 12.0 Å². The summed E-state index contributed by atoms with van der Waals surface area (Å²) in [6, 6.07) is 7.16. The summed E-state index contributed by atoms with van der Waals surface area (Å²) in [5.74, 6) is -1.44. The number of carboxylic acids is 1. The van der Waals surface area contributed by atoms with Crippen LogP contribution in [0.15, 0.2) is 29.6 Å². The molecule has 1 aromatic heterocycles. The molecular formula is C18H22N2O3S. The van der Waals surface area contributed by atoms with Gasteiger partial charge in [-0.1, -0.05) is 44.0 Å². The van der Waals surface area contributed by atoms with E-state index in [0.717, 1.165) is 16.1 Å². The fourth-order valence-corrected chi connectivity index (χ4v) is 3.19. The number of carbonyl (C=O) groups is 2. The van der Waals surface area contributed by atoms with Gasteiger partial charge in [0.25, 0.3) is 0 Å². The molecule has 2 atom stereocenters. The quantitative estimate of drug-likeness (QED) is 0.806. The van der Waals surface area contributed by atoms with Gasteiger partial charge >= 0.3 is 5.97 Å². The predicted octanol–water partition coefficient (Wildman–Crippen LogP) is 3.28. The Morgan fingerprint density at radius 1 is 1.38 bits per heavy atom. The smallest absolute Gasteiger partial charge is 0.326 e. The first-order valence-corrected chi connectivity index (χ1v) is 8.82. The third-order valence-corrected chi connectivity index (χ3v) is 4.89. The largest absolute Gasteiger partial charge is 0.480 e. The zero-order valence-corrected chi connectivity index (χ0v) is 14.9. The maximum absolute atomic E-state index is 12.1. The Kier molecular flexibility index (Phi) is 6.09. The van der Waals surface area contributed by atoms with Crippen LogP contribution in [-0.4, -0.2) is 28.0 Å². The van der Waals surface area contributed by atoms with Crippen LogP contribution in [0.3, 0.4) is 0 Å². The topological polar surface area (TPSA) is 79.3 Å². The van der Waals surface area contributed by atoms with E-state index in [1.165, 1.54) is 11.3 Å². The molecule has 24 heavy (non-hydrogen) atoms. The van der Waals surface area contributed by atoms with Gasteiger partial charge in [0, 0.05) is 10.9 Å². The van der Waals surface area contributed by atoms with Crippen LogP contribution in [0.1, 0.15) is 31.5 Å². The van der Waals surface area contributed by atoms with Crippen molar-refractivity contribution >= 4 is 23.2 Å². The molecule has 0 spiro atoms. The summed E-state index contributed by atoms with van der Waals surface area (Å²) in [7, 11) is 0. The van der Waals surface area contributed by atoms with Gasteiger partial charge in [-0.05, 0) is 18.9 Å². The molecule has 0 bridgehead atoms. The van der Waals surface area contributed by atoms with Crippen molar-refractivity contribution in [3.05, 3.63) is 40.9 Å². The molecule has 0 fully saturated rings. The monoisotopic (exact) mass is 346 g/mol. The minimum Gasteiger partial charge on any atom is -0.480 e. The fraction of sp³-hybridized carbons (Fsp3) is 0.389. The number of benzene rings is 1. The number of carboxylic acid groups (broad SMARTS) is 1. The van der Waals surface area contributed by atoms with E-state index >= 15 is 0 Å². The molecule has 1 aromatic carbocycles. The second-order valence-electron chi connectivity index (χ2n) is 5.96. The number of aromatic nitrogens is 1. The van der Waals surface area contributed by atoms with Crippen LogP contribution in [-0.2, 0) is 16.0 Å². The zero-order chi connectivity index (χ0) is 17.7. The van der Waals surface area contributed by atoms with Crippen LogP contribution in [0.4, 0.5) is 0 Å². The molecule has 6 heteroatoms. The van der Waals surface area contributed by atoms with Gasteiger partial charge in [0.1, 0.15) is 11.0 Å². The van der Waals surface area contributed by atoms with E-state index in [4.69, 9.17) is 0 Å². The molecule has 0 saturated carbocycles. The number of nitrogens with one attached hydrogen (secondary N) is 1. The van der Waals surface area contributed by atoms with Crippen molar-refractivity contribution in [1.29, 1.82) is 0 Å². The lowest BCUT2D eigenvalue weighted by atomic mass is 9.99. The Morgan fingerprint density at radius 3 is 2.75 bits per heavy atom. The lowest BCUT2D eigenvalue weighted by Gasteiger charge is -2.19. The molecule has 0 aliphatic rings. The molecule has 0 aliphatic carbocycles. The molecular weight excluding hydrogens is 324 g/mol. The maximum atomic E-state index is 12.1. The van der Waals surface area contributed by atoms with E-state index in [1.54, 1.807) is 0 Å². The number of aliphatic carboxylic acids is 1. The summed E-state index contributed by atoms with van der Waals surface area (Å²) in [4.78, 5) is 27.9. The second kappa shape index (κ2) is 8.06. The van der Waals surface area contributed by atoms with Gasteiger partial charge in [-0.25, -0.2) is 9.78 Å². The minimum absolute atomic E-state index is 0.0858. The highest BCUT2D eigenvalue weighted by Gasteiger charge is 2.25. The molecule has 0 saturated heterocycles. The van der Waals surface area contributed by atoms with Gasteiger partial charge in [0.2, 0.25) is 5.91 Å². The Bertz CT molecular complexity index is 727. The molecule has 0 radical (unpaired) electrons. The van der Waals surface area contributed by atoms with Crippen LogP contribution in [0.2, 0.25) is 0 Å². The SMILES string of the molecule is CC[C@H](C)[C@H](NC(=O)Cc1csc(-c2cccc(C)c2)n1)C(=O)O. The van der Waals surface area contributed by atoms with Crippen molar-refractivity contribution in [3.63, 3.8) is 0 Å². The second-order valence-corrected chi connectivity index (χ2v) is 6.82. The number of nitrogens with zero attached hydrogens (tertiary/aromatic N) is 1. The normalized spacial score (nSPS) is 13.3. The standard InChI is InChI=1S/C18H22N2O3S/c1-4-12(3)16(18(22)23)20-15(21)9-14-10-24-17(19-14)13-7-5-6-11(2)8-13/h5-8,10,12,16H,4,9H2,1-3H3,(H,20,21)(H,22,23)/t12-,16-/m0/s1. The summed E-state index contributed by atoms with van der Waals surface area (Å²) in [6.45, 7) is 5.74. The maximum Gasteiger partial charge on any atom is 0.326 e. The third kappa shape index (κ3) is 4.64. The van der Waals surface area contributed by atoms with Gasteiger partial charge in [-0.2, -0.15) is 0 Å². The van der Waals surface area contributed by atoms with E-state index in [9.17, 15) is 14.7 Å². The fourth-order valence-electron chi connectivity index (χ4n) is 2.37. The van der Waals surface area contributed by atoms with Crippen molar-refractivity contribution < 1.29 is 14.7 Å². The van der Waals surface area contributed by atoms with Crippen LogP contribution in [0, 0.1) is 12.8 Å². The van der Waals surface area contributed by atoms with Crippen LogP contribution >= 0.6 is 11.3 Å². The lowest BCUT2D eigenvalue weighted by Crippen LogP contribution is -2.45. The number of hydrogen-bond donors (Lipinski definition) is 2. The van der Waals surface area contributed by atoms with Crippen molar-refractivity contribution in [2.75, 3.05) is 0 Å². The number of rotatable bonds is 7. The molecule has 5 nitrogen and oxygen atoms in total. The Hall–Kier alpha value is -2.21. The molecule has 2 N–H and O–H groups in total. The highest BCUT2D eigenvalue weighted by Crippen LogP contribution is 2.24. The van der Waals surface area contributed by atoms with Gasteiger partial charge in [0.15, 0.2) is 0 Å². The van der Waals surface area contributed by atoms with Gasteiger partial charge in [-0.15, -0.1) is 11.3 Å². The number of aryl methyl sites for hydroxylation is 1. The van der Waals surface area contributed by atoms with Crippen molar-refractivity contribution in [3.8, 4) is 10.6 Å². The average Bonchev–Trinajstić information content (AvgIpc) is 3.00. The van der Waals surface area contributed by atoms with Gasteiger partial charge in [0.05, 0.1) is 12.1 Å². The first-order chi connectivity index (χ1) is 11.4. The molecule has 1 amide bonds. The van der Waals surface area contributed by atoms with Crippen molar-refractivity contribution in [1.82, 2.24) is 10.3 Å². The lowest BCUT2D eigenvalue weighted by molar-refractivity contribution is -0.143. The highest BCUT2D eigenvalue weighted by atomic mass is 32.1. The van der Waals surface area contributed by atoms with Crippen molar-refractivity contribution in [2.45, 2.75) is 39.7 Å². The summed E-state index contributed by atoms with van der Waals surface area (Å²) in [6.07, 6.45) is 0.772. The Morgan fingerprint density at radius 2 is 2.12 bits per heavy atom. The van der Waals surface area contributed by atoms with E-state index in [-0.39, 0.29) is 18.2 Å². The predicted molar refractivity (Wildman–Crippen MR) is 95.0 cm³/mol. The zero-order valence-electron chi connectivity index (χ0n) is 14.1. The first-order valence-electron chi connectivity index (χ1n) is 7.94. The first kappa shape index (κ1) is 18.1. The molecule has 0 aliphatic heterocycles. The number of amides is 1. The van der Waals surface area contributed by atoms with Crippen LogP contribution in [0.25, 0.3) is 10.6 Å². The van der Waals surface area contributed by atoms with Gasteiger partial charge < -0.3 is 10.4 Å². The van der Waals surface area contributed by atoms with E-state index in [0.29, 0.717) is 12.1 Å². The number of hydrogen-bond acceptors (Lipinski definition) is 4. The molecule has 1 heterocycles. The average molecular weight is 346 g/mol. The van der Waals surface area contributed by atoms with Gasteiger partial charge in [-0.3, -0.25) is 4.79 Å². The molecule has 128 valence electrons. The molecule has 0 unspecified atom stereocenters. The summed E-state index contributed by atoms with van der Waals surface area (Å²) >= 11 is 1.48.